The van der Waals surface area contributed by atoms with Gasteiger partial charge in [0.15, 0.2) is 0 Å². The van der Waals surface area contributed by atoms with Gasteiger partial charge in [0.25, 0.3) is 5.56 Å². The van der Waals surface area contributed by atoms with Gasteiger partial charge in [0.05, 0.1) is 5.60 Å². The third kappa shape index (κ3) is 3.41. The maximum atomic E-state index is 11.4. The second-order valence-electron chi connectivity index (χ2n) is 4.84. The zero-order chi connectivity index (χ0) is 12.1. The average Bonchev–Trinajstić information content (AvgIpc) is 2.74. The third-order valence-electron chi connectivity index (χ3n) is 3.42. The molecule has 1 saturated carbocycles. The van der Waals surface area contributed by atoms with Crippen molar-refractivity contribution in [1.82, 2.24) is 9.88 Å². The van der Waals surface area contributed by atoms with E-state index < -0.39 is 5.60 Å². The number of nitrogens with one attached hydrogen (secondary N) is 1. The molecule has 0 radical (unpaired) electrons. The fourth-order valence-corrected chi connectivity index (χ4v) is 2.38. The van der Waals surface area contributed by atoms with E-state index >= 15 is 0 Å². The first-order valence-corrected chi connectivity index (χ1v) is 6.28. The Labute approximate surface area is 101 Å². The summed E-state index contributed by atoms with van der Waals surface area (Å²) in [6, 6.07) is 5.16. The number of pyridine rings is 1. The van der Waals surface area contributed by atoms with Gasteiger partial charge in [0.1, 0.15) is 0 Å². The lowest BCUT2D eigenvalue weighted by Gasteiger charge is -2.22. The second-order valence-corrected chi connectivity index (χ2v) is 4.84. The van der Waals surface area contributed by atoms with Crippen molar-refractivity contribution >= 4 is 0 Å². The minimum Gasteiger partial charge on any atom is -0.389 e. The summed E-state index contributed by atoms with van der Waals surface area (Å²) in [5.74, 6) is 0. The van der Waals surface area contributed by atoms with Crippen LogP contribution in [0.25, 0.3) is 0 Å². The molecule has 1 aromatic heterocycles. The van der Waals surface area contributed by atoms with E-state index in [-0.39, 0.29) is 5.56 Å². The van der Waals surface area contributed by atoms with Gasteiger partial charge < -0.3 is 15.0 Å². The molecule has 2 rings (SSSR count). The topological polar surface area (TPSA) is 54.3 Å². The molecule has 0 amide bonds. The van der Waals surface area contributed by atoms with Crippen molar-refractivity contribution in [3.63, 3.8) is 0 Å². The van der Waals surface area contributed by atoms with Crippen LogP contribution in [0.15, 0.2) is 29.2 Å². The number of hydrogen-bond acceptors (Lipinski definition) is 3. The molecule has 17 heavy (non-hydrogen) atoms. The van der Waals surface area contributed by atoms with E-state index in [4.69, 9.17) is 0 Å². The van der Waals surface area contributed by atoms with Crippen molar-refractivity contribution in [3.8, 4) is 0 Å². The minimum atomic E-state index is -0.512. The van der Waals surface area contributed by atoms with Crippen molar-refractivity contribution in [2.45, 2.75) is 37.8 Å². The molecule has 4 heteroatoms. The summed E-state index contributed by atoms with van der Waals surface area (Å²) >= 11 is 0. The molecule has 0 unspecified atom stereocenters. The number of hydrogen-bond donors (Lipinski definition) is 2. The van der Waals surface area contributed by atoms with Crippen molar-refractivity contribution in [3.05, 3.63) is 34.7 Å². The maximum Gasteiger partial charge on any atom is 0.250 e. The summed E-state index contributed by atoms with van der Waals surface area (Å²) < 4.78 is 1.67. The van der Waals surface area contributed by atoms with E-state index in [1.54, 1.807) is 22.9 Å². The molecule has 0 bridgehead atoms. The summed E-state index contributed by atoms with van der Waals surface area (Å²) in [6.07, 6.45) is 5.82. The van der Waals surface area contributed by atoms with Crippen molar-refractivity contribution in [2.75, 3.05) is 13.1 Å². The highest BCUT2D eigenvalue weighted by molar-refractivity contribution is 4.93. The fourth-order valence-electron chi connectivity index (χ4n) is 2.38. The standard InChI is InChI=1S/C13H20N2O2/c16-12-5-1-4-9-15(12)10-8-14-11-13(17)6-2-3-7-13/h1,4-5,9,14,17H,2-3,6-8,10-11H2. The molecule has 2 N–H and O–H groups in total. The monoisotopic (exact) mass is 236 g/mol. The lowest BCUT2D eigenvalue weighted by Crippen LogP contribution is -2.39. The first-order chi connectivity index (χ1) is 8.20. The number of nitrogens with zero attached hydrogens (tertiary/aromatic N) is 1. The number of aliphatic hydroxyl groups is 1. The zero-order valence-corrected chi connectivity index (χ0v) is 10.1. The predicted molar refractivity (Wildman–Crippen MR) is 67.0 cm³/mol. The van der Waals surface area contributed by atoms with Crippen LogP contribution in [0.4, 0.5) is 0 Å². The normalized spacial score (nSPS) is 18.4. The molecule has 1 fully saturated rings. The van der Waals surface area contributed by atoms with Crippen LogP contribution in [0.3, 0.4) is 0 Å². The Hall–Kier alpha value is -1.13. The lowest BCUT2D eigenvalue weighted by atomic mass is 10.0. The van der Waals surface area contributed by atoms with Gasteiger partial charge in [-0.25, -0.2) is 0 Å². The van der Waals surface area contributed by atoms with E-state index in [1.807, 2.05) is 6.07 Å². The molecule has 0 atom stereocenters. The highest BCUT2D eigenvalue weighted by atomic mass is 16.3. The van der Waals surface area contributed by atoms with Crippen LogP contribution in [0.5, 0.6) is 0 Å². The molecule has 1 heterocycles. The van der Waals surface area contributed by atoms with Gasteiger partial charge in [-0.15, -0.1) is 0 Å². The van der Waals surface area contributed by atoms with Crippen LogP contribution in [0, 0.1) is 0 Å². The van der Waals surface area contributed by atoms with Gasteiger partial charge in [-0.1, -0.05) is 18.9 Å². The molecular formula is C13H20N2O2. The molecular weight excluding hydrogens is 216 g/mol. The molecule has 0 aliphatic heterocycles. The molecule has 0 saturated heterocycles. The molecule has 1 aliphatic rings. The Kier molecular flexibility index (Phi) is 3.97. The Morgan fingerprint density at radius 3 is 2.82 bits per heavy atom. The van der Waals surface area contributed by atoms with Gasteiger partial charge in [-0.05, 0) is 18.9 Å². The fraction of sp³-hybridized carbons (Fsp3) is 0.615. The van der Waals surface area contributed by atoms with Gasteiger partial charge in [-0.2, -0.15) is 0 Å². The highest BCUT2D eigenvalue weighted by Crippen LogP contribution is 2.28. The van der Waals surface area contributed by atoms with E-state index in [2.05, 4.69) is 5.32 Å². The molecule has 0 spiro atoms. The SMILES string of the molecule is O=c1ccccn1CCNCC1(O)CCCC1. The lowest BCUT2D eigenvalue weighted by molar-refractivity contribution is 0.0477. The van der Waals surface area contributed by atoms with Crippen molar-refractivity contribution < 1.29 is 5.11 Å². The van der Waals surface area contributed by atoms with Crippen molar-refractivity contribution in [2.24, 2.45) is 0 Å². The molecule has 4 nitrogen and oxygen atoms in total. The van der Waals surface area contributed by atoms with Crippen LogP contribution >= 0.6 is 0 Å². The summed E-state index contributed by atoms with van der Waals surface area (Å²) in [5.41, 5.74) is -0.490. The number of rotatable bonds is 5. The predicted octanol–water partition coefficient (Wildman–Crippen LogP) is 0.743. The van der Waals surface area contributed by atoms with Crippen LogP contribution in [-0.4, -0.2) is 28.4 Å². The van der Waals surface area contributed by atoms with Crippen LogP contribution < -0.4 is 10.9 Å². The first kappa shape index (κ1) is 12.3. The second kappa shape index (κ2) is 5.47. The number of aromatic nitrogens is 1. The summed E-state index contributed by atoms with van der Waals surface area (Å²) in [6.45, 7) is 2.00. The van der Waals surface area contributed by atoms with Crippen LogP contribution in [-0.2, 0) is 6.54 Å². The van der Waals surface area contributed by atoms with E-state index in [9.17, 15) is 9.90 Å². The zero-order valence-electron chi connectivity index (χ0n) is 10.1. The Bertz CT molecular complexity index is 408. The molecule has 0 aromatic carbocycles. The van der Waals surface area contributed by atoms with E-state index in [0.29, 0.717) is 19.6 Å². The first-order valence-electron chi connectivity index (χ1n) is 6.28. The van der Waals surface area contributed by atoms with Crippen LogP contribution in [0.2, 0.25) is 0 Å². The minimum absolute atomic E-state index is 0.0221. The summed E-state index contributed by atoms with van der Waals surface area (Å²) in [4.78, 5) is 11.4. The smallest absolute Gasteiger partial charge is 0.250 e. The van der Waals surface area contributed by atoms with Gasteiger partial charge in [0, 0.05) is 31.9 Å². The van der Waals surface area contributed by atoms with Crippen molar-refractivity contribution in [1.29, 1.82) is 0 Å². The van der Waals surface area contributed by atoms with Gasteiger partial charge in [-0.3, -0.25) is 4.79 Å². The van der Waals surface area contributed by atoms with E-state index in [0.717, 1.165) is 25.7 Å². The van der Waals surface area contributed by atoms with Crippen LogP contribution in [0.1, 0.15) is 25.7 Å². The average molecular weight is 236 g/mol. The van der Waals surface area contributed by atoms with Gasteiger partial charge >= 0.3 is 0 Å². The summed E-state index contributed by atoms with van der Waals surface area (Å²) in [5, 5.41) is 13.3. The van der Waals surface area contributed by atoms with E-state index in [1.165, 1.54) is 0 Å². The Morgan fingerprint density at radius 1 is 1.35 bits per heavy atom. The summed E-state index contributed by atoms with van der Waals surface area (Å²) in [7, 11) is 0. The maximum absolute atomic E-state index is 11.4. The Morgan fingerprint density at radius 2 is 2.12 bits per heavy atom. The quantitative estimate of drug-likeness (QED) is 0.742. The largest absolute Gasteiger partial charge is 0.389 e. The molecule has 94 valence electrons. The molecule has 1 aromatic rings. The third-order valence-corrected chi connectivity index (χ3v) is 3.42. The molecule has 1 aliphatic carbocycles. The Balaban J connectivity index is 1.73. The highest BCUT2D eigenvalue weighted by Gasteiger charge is 2.30. The van der Waals surface area contributed by atoms with Gasteiger partial charge in [0.2, 0.25) is 0 Å².